The van der Waals surface area contributed by atoms with Crippen LogP contribution < -0.4 is 29.6 Å². The molecular weight excluding hydrogens is 239 g/mol. The minimum absolute atomic E-state index is 0. The second kappa shape index (κ2) is 5.46. The van der Waals surface area contributed by atoms with Crippen LogP contribution in [0.2, 0.25) is 5.02 Å². The predicted molar refractivity (Wildman–Crippen MR) is 46.1 cm³/mol. The third-order valence-corrected chi connectivity index (χ3v) is 2.59. The van der Waals surface area contributed by atoms with Gasteiger partial charge in [-0.15, -0.1) is 0 Å². The minimum atomic E-state index is -4.76. The van der Waals surface area contributed by atoms with Gasteiger partial charge in [0.25, 0.3) is 0 Å². The molecule has 0 aromatic heterocycles. The smallest absolute Gasteiger partial charge is 0.746 e. The van der Waals surface area contributed by atoms with E-state index in [9.17, 15) is 13.0 Å². The van der Waals surface area contributed by atoms with Crippen molar-refractivity contribution in [1.29, 1.82) is 0 Å². The third-order valence-electron chi connectivity index (χ3n) is 1.44. The van der Waals surface area contributed by atoms with E-state index >= 15 is 0 Å². The van der Waals surface area contributed by atoms with Gasteiger partial charge in [-0.1, -0.05) is 29.8 Å². The van der Waals surface area contributed by atoms with Crippen molar-refractivity contribution in [3.8, 4) is 0 Å². The maximum atomic E-state index is 10.4. The first-order chi connectivity index (χ1) is 5.93. The summed E-state index contributed by atoms with van der Waals surface area (Å²) < 4.78 is 31.3. The molecule has 0 amide bonds. The van der Waals surface area contributed by atoms with E-state index < -0.39 is 15.6 Å². The molecule has 0 saturated heterocycles. The van der Waals surface area contributed by atoms with Gasteiger partial charge in [-0.25, -0.2) is 8.42 Å². The fraction of sp³-hybridized carbons (Fsp3) is 0.143. The molecule has 0 bridgehead atoms. The number of benzene rings is 1. The molecule has 0 aliphatic rings. The summed E-state index contributed by atoms with van der Waals surface area (Å²) in [5.74, 6) is 0. The zero-order valence-electron chi connectivity index (χ0n) is 7.34. The Kier molecular flexibility index (Phi) is 5.61. The summed E-state index contributed by atoms with van der Waals surface area (Å²) in [6, 6.07) is 5.72. The van der Waals surface area contributed by atoms with Crippen molar-refractivity contribution in [3.63, 3.8) is 0 Å². The van der Waals surface area contributed by atoms with Crippen molar-refractivity contribution in [2.75, 3.05) is 0 Å². The van der Waals surface area contributed by atoms with E-state index in [1.165, 1.54) is 18.2 Å². The SMILES string of the molecule is O=S(=O)([O-])C(O)c1ccccc1Cl.[Na+]. The predicted octanol–water partition coefficient (Wildman–Crippen LogP) is -2.12. The Hall–Kier alpha value is 0.380. The van der Waals surface area contributed by atoms with E-state index in [2.05, 4.69) is 0 Å². The normalized spacial score (nSPS) is 13.1. The molecule has 1 aromatic carbocycles. The average molecular weight is 245 g/mol. The zero-order chi connectivity index (χ0) is 10.1. The molecule has 0 aliphatic heterocycles. The van der Waals surface area contributed by atoms with Gasteiger partial charge in [0.1, 0.15) is 10.1 Å². The number of rotatable bonds is 2. The van der Waals surface area contributed by atoms with Crippen molar-refractivity contribution >= 4 is 21.7 Å². The Bertz CT molecular complexity index is 406. The molecule has 1 aromatic rings. The van der Waals surface area contributed by atoms with Crippen LogP contribution in [0.1, 0.15) is 11.0 Å². The summed E-state index contributed by atoms with van der Waals surface area (Å²) in [5, 5.41) is 9.10. The largest absolute Gasteiger partial charge is 1.00 e. The molecule has 4 nitrogen and oxygen atoms in total. The molecule has 1 N–H and O–H groups in total. The molecule has 72 valence electrons. The number of aliphatic hydroxyl groups excluding tert-OH is 1. The third kappa shape index (κ3) is 3.51. The van der Waals surface area contributed by atoms with Crippen molar-refractivity contribution in [3.05, 3.63) is 34.9 Å². The maximum Gasteiger partial charge on any atom is 1.00 e. The van der Waals surface area contributed by atoms with Crippen LogP contribution in [0.15, 0.2) is 24.3 Å². The van der Waals surface area contributed by atoms with Crippen LogP contribution in [-0.2, 0) is 10.1 Å². The van der Waals surface area contributed by atoms with Crippen LogP contribution in [0, 0.1) is 0 Å². The minimum Gasteiger partial charge on any atom is -0.746 e. The number of aliphatic hydroxyl groups is 1. The van der Waals surface area contributed by atoms with E-state index in [4.69, 9.17) is 16.7 Å². The van der Waals surface area contributed by atoms with Gasteiger partial charge in [-0.3, -0.25) is 0 Å². The summed E-state index contributed by atoms with van der Waals surface area (Å²) >= 11 is 5.56. The van der Waals surface area contributed by atoms with E-state index in [-0.39, 0.29) is 40.1 Å². The first-order valence-electron chi connectivity index (χ1n) is 3.30. The standard InChI is InChI=1S/C7H7ClO4S.Na/c8-6-4-2-1-3-5(6)7(9)13(10,11)12;/h1-4,7,9H,(H,10,11,12);/q;+1/p-1. The van der Waals surface area contributed by atoms with Gasteiger partial charge < -0.3 is 9.66 Å². The van der Waals surface area contributed by atoms with Gasteiger partial charge in [-0.2, -0.15) is 0 Å². The Morgan fingerprint density at radius 3 is 2.29 bits per heavy atom. The molecule has 0 fully saturated rings. The van der Waals surface area contributed by atoms with Crippen molar-refractivity contribution in [2.45, 2.75) is 5.44 Å². The Morgan fingerprint density at radius 1 is 1.36 bits per heavy atom. The second-order valence-electron chi connectivity index (χ2n) is 2.37. The van der Waals surface area contributed by atoms with E-state index in [0.717, 1.165) is 0 Å². The van der Waals surface area contributed by atoms with Crippen LogP contribution in [0.3, 0.4) is 0 Å². The quantitative estimate of drug-likeness (QED) is 0.477. The summed E-state index contributed by atoms with van der Waals surface area (Å²) in [7, 11) is -4.76. The summed E-state index contributed by atoms with van der Waals surface area (Å²) in [4.78, 5) is 0. The van der Waals surface area contributed by atoms with Gasteiger partial charge in [0.2, 0.25) is 0 Å². The van der Waals surface area contributed by atoms with E-state index in [0.29, 0.717) is 0 Å². The molecule has 1 unspecified atom stereocenters. The molecule has 7 heteroatoms. The van der Waals surface area contributed by atoms with Gasteiger partial charge in [-0.05, 0) is 6.07 Å². The van der Waals surface area contributed by atoms with Gasteiger partial charge in [0.05, 0.1) is 0 Å². The van der Waals surface area contributed by atoms with Crippen molar-refractivity contribution < 1.29 is 47.6 Å². The van der Waals surface area contributed by atoms with E-state index in [1.54, 1.807) is 6.07 Å². The first kappa shape index (κ1) is 14.4. The monoisotopic (exact) mass is 244 g/mol. The number of hydrogen-bond donors (Lipinski definition) is 1. The van der Waals surface area contributed by atoms with Crippen LogP contribution in [0.5, 0.6) is 0 Å². The maximum absolute atomic E-state index is 10.4. The van der Waals surface area contributed by atoms with Crippen molar-refractivity contribution in [1.82, 2.24) is 0 Å². The Labute approximate surface area is 109 Å². The van der Waals surface area contributed by atoms with Crippen LogP contribution in [-0.4, -0.2) is 18.1 Å². The molecule has 0 radical (unpaired) electrons. The molecule has 14 heavy (non-hydrogen) atoms. The van der Waals surface area contributed by atoms with Crippen LogP contribution >= 0.6 is 11.6 Å². The first-order valence-corrected chi connectivity index (χ1v) is 5.15. The summed E-state index contributed by atoms with van der Waals surface area (Å²) in [5.41, 5.74) is -2.19. The molecule has 1 rings (SSSR count). The molecule has 1 atom stereocenters. The molecule has 0 aliphatic carbocycles. The Morgan fingerprint density at radius 2 is 1.86 bits per heavy atom. The number of halogens is 1. The van der Waals surface area contributed by atoms with Crippen molar-refractivity contribution in [2.24, 2.45) is 0 Å². The molecule has 0 saturated carbocycles. The van der Waals surface area contributed by atoms with Gasteiger partial charge >= 0.3 is 29.6 Å². The van der Waals surface area contributed by atoms with E-state index in [1.807, 2.05) is 0 Å². The second-order valence-corrected chi connectivity index (χ2v) is 4.21. The summed E-state index contributed by atoms with van der Waals surface area (Å²) in [6.07, 6.45) is 0. The van der Waals surface area contributed by atoms with Gasteiger partial charge in [0, 0.05) is 10.6 Å². The average Bonchev–Trinajstić information content (AvgIpc) is 2.02. The topological polar surface area (TPSA) is 77.4 Å². The Balaban J connectivity index is 0.00000169. The molecule has 0 spiro atoms. The zero-order valence-corrected chi connectivity index (χ0v) is 10.9. The molecular formula is C7H6ClNaO4S. The fourth-order valence-electron chi connectivity index (χ4n) is 0.831. The fourth-order valence-corrected chi connectivity index (χ4v) is 1.65. The van der Waals surface area contributed by atoms with Crippen LogP contribution in [0.4, 0.5) is 0 Å². The van der Waals surface area contributed by atoms with Crippen LogP contribution in [0.25, 0.3) is 0 Å². The van der Waals surface area contributed by atoms with Gasteiger partial charge in [0.15, 0.2) is 5.44 Å². The summed E-state index contributed by atoms with van der Waals surface area (Å²) in [6.45, 7) is 0. The molecule has 0 heterocycles. The number of hydrogen-bond acceptors (Lipinski definition) is 4.